The van der Waals surface area contributed by atoms with Crippen molar-refractivity contribution >= 4 is 23.3 Å². The van der Waals surface area contributed by atoms with E-state index in [9.17, 15) is 4.79 Å². The van der Waals surface area contributed by atoms with Gasteiger partial charge in [-0.3, -0.25) is 9.69 Å². The monoisotopic (exact) mass is 366 g/mol. The summed E-state index contributed by atoms with van der Waals surface area (Å²) in [5.41, 5.74) is 1.50. The van der Waals surface area contributed by atoms with Crippen LogP contribution in [0.1, 0.15) is 22.8 Å². The van der Waals surface area contributed by atoms with Gasteiger partial charge in [-0.2, -0.15) is 0 Å². The number of rotatable bonds is 6. The molecule has 0 aliphatic rings. The maximum atomic E-state index is 13.1. The SMILES string of the molecule is CCOc1ccc(C(=O)N(Cc2cccc(Cl)c2)c2ccccn2)cc1. The molecule has 26 heavy (non-hydrogen) atoms. The van der Waals surface area contributed by atoms with Crippen molar-refractivity contribution in [3.63, 3.8) is 0 Å². The molecule has 5 heteroatoms. The molecule has 0 bridgehead atoms. The van der Waals surface area contributed by atoms with Crippen LogP contribution in [0.4, 0.5) is 5.82 Å². The summed E-state index contributed by atoms with van der Waals surface area (Å²) >= 11 is 6.09. The highest BCUT2D eigenvalue weighted by Crippen LogP contribution is 2.21. The summed E-state index contributed by atoms with van der Waals surface area (Å²) in [6.07, 6.45) is 1.67. The Morgan fingerprint density at radius 2 is 1.88 bits per heavy atom. The fourth-order valence-electron chi connectivity index (χ4n) is 2.60. The van der Waals surface area contributed by atoms with Crippen molar-refractivity contribution in [2.45, 2.75) is 13.5 Å². The minimum atomic E-state index is -0.133. The van der Waals surface area contributed by atoms with Crippen LogP contribution in [-0.4, -0.2) is 17.5 Å². The van der Waals surface area contributed by atoms with Gasteiger partial charge in [0.25, 0.3) is 5.91 Å². The van der Waals surface area contributed by atoms with Crippen molar-refractivity contribution in [2.24, 2.45) is 0 Å². The van der Waals surface area contributed by atoms with Gasteiger partial charge in [-0.1, -0.05) is 29.8 Å². The van der Waals surface area contributed by atoms with Crippen LogP contribution in [0, 0.1) is 0 Å². The lowest BCUT2D eigenvalue weighted by Crippen LogP contribution is -2.31. The minimum Gasteiger partial charge on any atom is -0.494 e. The molecule has 0 radical (unpaired) electrons. The topological polar surface area (TPSA) is 42.4 Å². The second-order valence-electron chi connectivity index (χ2n) is 5.67. The van der Waals surface area contributed by atoms with Crippen molar-refractivity contribution in [3.05, 3.63) is 89.1 Å². The number of anilines is 1. The summed E-state index contributed by atoms with van der Waals surface area (Å²) in [7, 11) is 0. The Morgan fingerprint density at radius 3 is 2.54 bits per heavy atom. The van der Waals surface area contributed by atoms with E-state index in [1.54, 1.807) is 35.4 Å². The van der Waals surface area contributed by atoms with Gasteiger partial charge < -0.3 is 4.74 Å². The molecule has 1 heterocycles. The summed E-state index contributed by atoms with van der Waals surface area (Å²) in [5.74, 6) is 1.20. The van der Waals surface area contributed by atoms with Crippen LogP contribution in [0.2, 0.25) is 5.02 Å². The van der Waals surface area contributed by atoms with Crippen molar-refractivity contribution in [1.82, 2.24) is 4.98 Å². The number of carbonyl (C=O) groups is 1. The maximum Gasteiger partial charge on any atom is 0.259 e. The van der Waals surface area contributed by atoms with Gasteiger partial charge >= 0.3 is 0 Å². The van der Waals surface area contributed by atoms with Crippen LogP contribution < -0.4 is 9.64 Å². The number of ether oxygens (including phenoxy) is 1. The lowest BCUT2D eigenvalue weighted by Gasteiger charge is -2.22. The molecule has 0 aliphatic carbocycles. The van der Waals surface area contributed by atoms with Gasteiger partial charge in [0, 0.05) is 16.8 Å². The van der Waals surface area contributed by atoms with E-state index in [-0.39, 0.29) is 5.91 Å². The third-order valence-corrected chi connectivity index (χ3v) is 4.05. The predicted octanol–water partition coefficient (Wildman–Crippen LogP) is 4.98. The molecule has 0 saturated heterocycles. The number of aromatic nitrogens is 1. The third-order valence-electron chi connectivity index (χ3n) is 3.81. The van der Waals surface area contributed by atoms with Crippen molar-refractivity contribution < 1.29 is 9.53 Å². The molecule has 0 fully saturated rings. The second kappa shape index (κ2) is 8.50. The zero-order chi connectivity index (χ0) is 18.4. The van der Waals surface area contributed by atoms with E-state index in [0.29, 0.717) is 29.6 Å². The molecule has 1 amide bonds. The van der Waals surface area contributed by atoms with Gasteiger partial charge in [-0.25, -0.2) is 4.98 Å². The highest BCUT2D eigenvalue weighted by Gasteiger charge is 2.19. The molecule has 0 saturated carbocycles. The first-order valence-electron chi connectivity index (χ1n) is 8.37. The van der Waals surface area contributed by atoms with E-state index >= 15 is 0 Å². The van der Waals surface area contributed by atoms with Gasteiger partial charge in [-0.15, -0.1) is 0 Å². The molecule has 3 aromatic rings. The summed E-state index contributed by atoms with van der Waals surface area (Å²) in [6, 6.07) is 20.1. The molecule has 0 spiro atoms. The molecule has 2 aromatic carbocycles. The van der Waals surface area contributed by atoms with Crippen molar-refractivity contribution in [1.29, 1.82) is 0 Å². The van der Waals surface area contributed by atoms with Gasteiger partial charge in [-0.05, 0) is 61.0 Å². The Labute approximate surface area is 158 Å². The average Bonchev–Trinajstić information content (AvgIpc) is 2.67. The predicted molar refractivity (Wildman–Crippen MR) is 104 cm³/mol. The molecule has 0 atom stereocenters. The summed E-state index contributed by atoms with van der Waals surface area (Å²) in [5, 5.41) is 0.636. The smallest absolute Gasteiger partial charge is 0.259 e. The van der Waals surface area contributed by atoms with Crippen LogP contribution in [0.25, 0.3) is 0 Å². The van der Waals surface area contributed by atoms with Crippen molar-refractivity contribution in [2.75, 3.05) is 11.5 Å². The third kappa shape index (κ3) is 4.41. The highest BCUT2D eigenvalue weighted by atomic mass is 35.5. The molecule has 3 rings (SSSR count). The number of pyridine rings is 1. The number of halogens is 1. The molecular formula is C21H19ClN2O2. The van der Waals surface area contributed by atoms with Crippen molar-refractivity contribution in [3.8, 4) is 5.75 Å². The number of carbonyl (C=O) groups excluding carboxylic acids is 1. The molecule has 0 unspecified atom stereocenters. The van der Waals surface area contributed by atoms with E-state index in [2.05, 4.69) is 4.98 Å². The van der Waals surface area contributed by atoms with Crippen LogP contribution in [0.3, 0.4) is 0 Å². The standard InChI is InChI=1S/C21H19ClN2O2/c1-2-26-19-11-9-17(10-12-19)21(25)24(20-8-3-4-13-23-20)15-16-6-5-7-18(22)14-16/h3-14H,2,15H2,1H3. The Morgan fingerprint density at radius 1 is 1.08 bits per heavy atom. The Balaban J connectivity index is 1.90. The van der Waals surface area contributed by atoms with E-state index in [0.717, 1.165) is 11.3 Å². The molecule has 1 aromatic heterocycles. The molecule has 0 N–H and O–H groups in total. The van der Waals surface area contributed by atoms with E-state index in [1.165, 1.54) is 0 Å². The van der Waals surface area contributed by atoms with Crippen LogP contribution in [-0.2, 0) is 6.54 Å². The molecule has 0 aliphatic heterocycles. The van der Waals surface area contributed by atoms with Crippen LogP contribution >= 0.6 is 11.6 Å². The zero-order valence-electron chi connectivity index (χ0n) is 14.4. The molecule has 132 valence electrons. The quantitative estimate of drug-likeness (QED) is 0.617. The molecular weight excluding hydrogens is 348 g/mol. The summed E-state index contributed by atoms with van der Waals surface area (Å²) in [6.45, 7) is 2.89. The summed E-state index contributed by atoms with van der Waals surface area (Å²) < 4.78 is 5.44. The fraction of sp³-hybridized carbons (Fsp3) is 0.143. The number of hydrogen-bond donors (Lipinski definition) is 0. The second-order valence-corrected chi connectivity index (χ2v) is 6.10. The lowest BCUT2D eigenvalue weighted by atomic mass is 10.1. The Hall–Kier alpha value is -2.85. The Bertz CT molecular complexity index is 867. The first-order chi connectivity index (χ1) is 12.7. The van der Waals surface area contributed by atoms with E-state index < -0.39 is 0 Å². The highest BCUT2D eigenvalue weighted by molar-refractivity contribution is 6.30. The van der Waals surface area contributed by atoms with Gasteiger partial charge in [0.2, 0.25) is 0 Å². The molecule has 4 nitrogen and oxygen atoms in total. The number of nitrogens with zero attached hydrogens (tertiary/aromatic N) is 2. The largest absolute Gasteiger partial charge is 0.494 e. The lowest BCUT2D eigenvalue weighted by molar-refractivity contribution is 0.0984. The van der Waals surface area contributed by atoms with E-state index in [4.69, 9.17) is 16.3 Å². The van der Waals surface area contributed by atoms with Crippen LogP contribution in [0.15, 0.2) is 72.9 Å². The zero-order valence-corrected chi connectivity index (χ0v) is 15.2. The maximum absolute atomic E-state index is 13.1. The minimum absolute atomic E-state index is 0.133. The number of hydrogen-bond acceptors (Lipinski definition) is 3. The number of benzene rings is 2. The fourth-order valence-corrected chi connectivity index (χ4v) is 2.82. The van der Waals surface area contributed by atoms with Gasteiger partial charge in [0.05, 0.1) is 13.2 Å². The van der Waals surface area contributed by atoms with Gasteiger partial charge in [0.1, 0.15) is 11.6 Å². The first kappa shape index (κ1) is 18.0. The first-order valence-corrected chi connectivity index (χ1v) is 8.75. The number of amides is 1. The normalized spacial score (nSPS) is 10.4. The summed E-state index contributed by atoms with van der Waals surface area (Å²) in [4.78, 5) is 19.1. The van der Waals surface area contributed by atoms with E-state index in [1.807, 2.05) is 49.4 Å². The average molecular weight is 367 g/mol. The van der Waals surface area contributed by atoms with Crippen LogP contribution in [0.5, 0.6) is 5.75 Å². The van der Waals surface area contributed by atoms with Gasteiger partial charge in [0.15, 0.2) is 0 Å². The Kier molecular flexibility index (Phi) is 5.87.